The van der Waals surface area contributed by atoms with Crippen molar-refractivity contribution in [2.45, 2.75) is 19.4 Å². The Kier molecular flexibility index (Phi) is 8.55. The zero-order chi connectivity index (χ0) is 31.7. The van der Waals surface area contributed by atoms with Gasteiger partial charge >= 0.3 is 5.97 Å². The zero-order valence-corrected chi connectivity index (χ0v) is 25.9. The molecule has 0 fully saturated rings. The highest BCUT2D eigenvalue weighted by Gasteiger charge is 2.32. The van der Waals surface area contributed by atoms with E-state index < -0.39 is 11.9 Å². The Balaban J connectivity index is 1.30. The fourth-order valence-corrected chi connectivity index (χ4v) is 6.88. The number of carbonyl (C=O) groups is 1. The van der Waals surface area contributed by atoms with Gasteiger partial charge in [-0.15, -0.1) is 11.3 Å². The van der Waals surface area contributed by atoms with E-state index in [2.05, 4.69) is 6.07 Å². The number of fused-ring (bicyclic) bond motifs is 2. The number of ether oxygens (including phenoxy) is 4. The highest BCUT2D eigenvalue weighted by atomic mass is 35.5. The molecular formula is C34H23Cl2FN2O5S. The average molecular weight is 662 g/mol. The number of nitriles is 1. The maximum atomic E-state index is 14.2. The van der Waals surface area contributed by atoms with E-state index in [9.17, 15) is 14.4 Å². The van der Waals surface area contributed by atoms with Gasteiger partial charge in [0.25, 0.3) is 0 Å². The molecule has 2 heterocycles. The highest BCUT2D eigenvalue weighted by molar-refractivity contribution is 7.21. The van der Waals surface area contributed by atoms with Crippen LogP contribution in [0.3, 0.4) is 0 Å². The molecule has 0 radical (unpaired) electrons. The molecule has 6 rings (SSSR count). The molecule has 1 atom stereocenters. The molecule has 0 saturated carbocycles. The van der Waals surface area contributed by atoms with Crippen LogP contribution in [0.4, 0.5) is 4.39 Å². The molecule has 0 amide bonds. The van der Waals surface area contributed by atoms with Crippen LogP contribution >= 0.6 is 34.5 Å². The van der Waals surface area contributed by atoms with Crippen molar-refractivity contribution in [3.8, 4) is 29.1 Å². The summed E-state index contributed by atoms with van der Waals surface area (Å²) in [6.45, 7) is 2.18. The lowest BCUT2D eigenvalue weighted by Gasteiger charge is -2.27. The normalized spacial score (nSPS) is 14.0. The lowest BCUT2D eigenvalue weighted by molar-refractivity contribution is 0.0739. The minimum Gasteiger partial charge on any atom is -0.490 e. The molecule has 2 N–H and O–H groups in total. The van der Waals surface area contributed by atoms with Crippen LogP contribution in [0.2, 0.25) is 10.0 Å². The molecule has 7 nitrogen and oxygen atoms in total. The number of nitrogens with two attached hydrogens (primary N) is 1. The van der Waals surface area contributed by atoms with Crippen molar-refractivity contribution in [2.75, 3.05) is 6.61 Å². The van der Waals surface area contributed by atoms with Crippen molar-refractivity contribution in [2.24, 2.45) is 5.73 Å². The number of thiophene rings is 1. The van der Waals surface area contributed by atoms with Crippen molar-refractivity contribution in [1.29, 1.82) is 5.26 Å². The molecule has 1 aliphatic rings. The van der Waals surface area contributed by atoms with Crippen LogP contribution in [0, 0.1) is 17.1 Å². The minimum atomic E-state index is -0.655. The number of allylic oxidation sites excluding steroid dienone is 1. The second-order valence-electron chi connectivity index (χ2n) is 9.89. The van der Waals surface area contributed by atoms with Gasteiger partial charge in [-0.3, -0.25) is 0 Å². The monoisotopic (exact) mass is 660 g/mol. The van der Waals surface area contributed by atoms with E-state index in [4.69, 9.17) is 47.9 Å². The van der Waals surface area contributed by atoms with E-state index in [0.29, 0.717) is 51.0 Å². The van der Waals surface area contributed by atoms with Crippen molar-refractivity contribution in [1.82, 2.24) is 0 Å². The van der Waals surface area contributed by atoms with E-state index >= 15 is 0 Å². The number of esters is 1. The summed E-state index contributed by atoms with van der Waals surface area (Å²) in [5, 5.41) is 11.3. The summed E-state index contributed by atoms with van der Waals surface area (Å²) in [5.41, 5.74) is 8.11. The number of rotatable bonds is 8. The maximum Gasteiger partial charge on any atom is 0.355 e. The van der Waals surface area contributed by atoms with Crippen LogP contribution in [0.5, 0.6) is 23.0 Å². The molecule has 4 aromatic carbocycles. The Labute approximate surface area is 271 Å². The van der Waals surface area contributed by atoms with Gasteiger partial charge < -0.3 is 24.7 Å². The molecule has 11 heteroatoms. The second-order valence-corrected chi connectivity index (χ2v) is 11.7. The Bertz CT molecular complexity index is 2040. The van der Waals surface area contributed by atoms with Gasteiger partial charge in [-0.25, -0.2) is 9.18 Å². The molecule has 1 aromatic heterocycles. The van der Waals surface area contributed by atoms with Crippen molar-refractivity contribution in [3.05, 3.63) is 128 Å². The standard InChI is InChI=1S/C34H23Cl2FN2O5S/c1-2-41-27-14-18(10-13-25(27)42-17-19-6-3-4-8-24(19)37)29-21-12-11-20(15-26(21)44-33(39)22(29)16-38)43-34(40)32-31(36)30-23(35)7-5-9-28(30)45-32/h3-15,29H,2,17,39H2,1H3. The van der Waals surface area contributed by atoms with E-state index in [1.54, 1.807) is 60.7 Å². The molecule has 226 valence electrons. The Hall–Kier alpha value is -4.75. The van der Waals surface area contributed by atoms with E-state index in [-0.39, 0.29) is 39.5 Å². The van der Waals surface area contributed by atoms with Crippen molar-refractivity contribution >= 4 is 50.6 Å². The molecule has 1 aliphatic heterocycles. The molecule has 1 unspecified atom stereocenters. The summed E-state index contributed by atoms with van der Waals surface area (Å²) in [6, 6.07) is 23.9. The number of hydrogen-bond donors (Lipinski definition) is 1. The SMILES string of the molecule is CCOc1cc(C2C(C#N)=C(N)Oc3cc(OC(=O)c4sc5cccc(Cl)c5c4Cl)ccc32)ccc1OCc1ccccc1F. The smallest absolute Gasteiger partial charge is 0.355 e. The van der Waals surface area contributed by atoms with Gasteiger partial charge in [0, 0.05) is 27.3 Å². The summed E-state index contributed by atoms with van der Waals surface area (Å²) in [6.07, 6.45) is 0. The van der Waals surface area contributed by atoms with Crippen molar-refractivity contribution in [3.63, 3.8) is 0 Å². The van der Waals surface area contributed by atoms with Crippen LogP contribution in [-0.2, 0) is 6.61 Å². The summed E-state index contributed by atoms with van der Waals surface area (Å²) in [7, 11) is 0. The topological polar surface area (TPSA) is 104 Å². The van der Waals surface area contributed by atoms with Gasteiger partial charge in [-0.05, 0) is 48.9 Å². The second kappa shape index (κ2) is 12.7. The molecule has 45 heavy (non-hydrogen) atoms. The summed E-state index contributed by atoms with van der Waals surface area (Å²) >= 11 is 14.0. The van der Waals surface area contributed by atoms with Gasteiger partial charge in [0.1, 0.15) is 40.4 Å². The third-order valence-corrected chi connectivity index (χ3v) is 9.07. The first kappa shape index (κ1) is 30.3. The first-order valence-electron chi connectivity index (χ1n) is 13.7. The molecular weight excluding hydrogens is 638 g/mol. The first-order chi connectivity index (χ1) is 21.8. The molecule has 0 spiro atoms. The van der Waals surface area contributed by atoms with E-state index in [1.165, 1.54) is 23.5 Å². The third kappa shape index (κ3) is 5.88. The predicted octanol–water partition coefficient (Wildman–Crippen LogP) is 8.76. The lowest BCUT2D eigenvalue weighted by atomic mass is 9.83. The van der Waals surface area contributed by atoms with Gasteiger partial charge in [-0.1, -0.05) is 59.6 Å². The Morgan fingerprint density at radius 3 is 2.62 bits per heavy atom. The average Bonchev–Trinajstić information content (AvgIpc) is 3.38. The van der Waals surface area contributed by atoms with Crippen LogP contribution in [0.15, 0.2) is 90.3 Å². The lowest BCUT2D eigenvalue weighted by Crippen LogP contribution is -2.21. The number of carbonyl (C=O) groups excluding carboxylic acids is 1. The van der Waals surface area contributed by atoms with Crippen LogP contribution < -0.4 is 24.7 Å². The van der Waals surface area contributed by atoms with Crippen LogP contribution in [-0.4, -0.2) is 12.6 Å². The van der Waals surface area contributed by atoms with Crippen LogP contribution in [0.1, 0.15) is 39.2 Å². The Morgan fingerprint density at radius 1 is 1.04 bits per heavy atom. The quantitative estimate of drug-likeness (QED) is 0.131. The summed E-state index contributed by atoms with van der Waals surface area (Å²) in [4.78, 5) is 13.3. The minimum absolute atomic E-state index is 0.00371. The summed E-state index contributed by atoms with van der Waals surface area (Å²) in [5.74, 6) is -0.399. The number of nitrogens with zero attached hydrogens (tertiary/aromatic N) is 1. The molecule has 0 bridgehead atoms. The first-order valence-corrected chi connectivity index (χ1v) is 15.3. The molecule has 0 aliphatic carbocycles. The fourth-order valence-electron chi connectivity index (χ4n) is 5.06. The number of benzene rings is 4. The number of hydrogen-bond acceptors (Lipinski definition) is 8. The zero-order valence-electron chi connectivity index (χ0n) is 23.6. The third-order valence-electron chi connectivity index (χ3n) is 7.13. The van der Waals surface area contributed by atoms with E-state index in [0.717, 1.165) is 4.70 Å². The fraction of sp³-hybridized carbons (Fsp3) is 0.118. The predicted molar refractivity (Wildman–Crippen MR) is 171 cm³/mol. The Morgan fingerprint density at radius 2 is 1.87 bits per heavy atom. The molecule has 0 saturated heterocycles. The van der Waals surface area contributed by atoms with Gasteiger partial charge in [0.05, 0.1) is 22.6 Å². The number of halogens is 3. The van der Waals surface area contributed by atoms with Gasteiger partial charge in [0.15, 0.2) is 11.5 Å². The van der Waals surface area contributed by atoms with Crippen LogP contribution in [0.25, 0.3) is 10.1 Å². The largest absolute Gasteiger partial charge is 0.490 e. The van der Waals surface area contributed by atoms with E-state index in [1.807, 2.05) is 13.0 Å². The van der Waals surface area contributed by atoms with Gasteiger partial charge in [-0.2, -0.15) is 5.26 Å². The van der Waals surface area contributed by atoms with Gasteiger partial charge in [0.2, 0.25) is 5.88 Å². The highest BCUT2D eigenvalue weighted by Crippen LogP contribution is 2.46. The maximum absolute atomic E-state index is 14.2. The molecule has 5 aromatic rings. The van der Waals surface area contributed by atoms with Crippen molar-refractivity contribution < 1.29 is 28.1 Å². The summed E-state index contributed by atoms with van der Waals surface area (Å²) < 4.78 is 38.2.